The molecule has 1 aliphatic heterocycles. The second kappa shape index (κ2) is 7.98. The molecule has 0 atom stereocenters. The Kier molecular flexibility index (Phi) is 5.18. The van der Waals surface area contributed by atoms with Gasteiger partial charge in [0.1, 0.15) is 11.5 Å². The van der Waals surface area contributed by atoms with E-state index in [-0.39, 0.29) is 11.6 Å². The first-order valence-electron chi connectivity index (χ1n) is 10.7. The van der Waals surface area contributed by atoms with E-state index in [2.05, 4.69) is 42.2 Å². The third-order valence-electron chi connectivity index (χ3n) is 6.29. The number of pyridine rings is 2. The maximum atomic E-state index is 13.0. The van der Waals surface area contributed by atoms with E-state index >= 15 is 0 Å². The third-order valence-corrected chi connectivity index (χ3v) is 7.22. The van der Waals surface area contributed by atoms with E-state index in [1.807, 2.05) is 23.8 Å². The van der Waals surface area contributed by atoms with Gasteiger partial charge in [-0.05, 0) is 66.2 Å². The van der Waals surface area contributed by atoms with Crippen molar-refractivity contribution in [3.8, 4) is 0 Å². The van der Waals surface area contributed by atoms with E-state index in [0.717, 1.165) is 55.4 Å². The number of nitrogens with one attached hydrogen (secondary N) is 1. The summed E-state index contributed by atoms with van der Waals surface area (Å²) in [5.41, 5.74) is 2.71. The van der Waals surface area contributed by atoms with Crippen LogP contribution in [0.4, 0.5) is 17.5 Å². The SMILES string of the molecule is Cc1c(Br)c(=O)n(C2CCCC2)c2nc(Nc3ccc(N4CCCC4)cn3)ncc12. The number of halogens is 1. The van der Waals surface area contributed by atoms with Crippen LogP contribution in [0.1, 0.15) is 50.1 Å². The van der Waals surface area contributed by atoms with E-state index in [4.69, 9.17) is 4.98 Å². The number of hydrogen-bond donors (Lipinski definition) is 1. The van der Waals surface area contributed by atoms with Crippen LogP contribution in [0.3, 0.4) is 0 Å². The van der Waals surface area contributed by atoms with E-state index < -0.39 is 0 Å². The molecule has 1 aliphatic carbocycles. The molecule has 156 valence electrons. The molecule has 30 heavy (non-hydrogen) atoms. The summed E-state index contributed by atoms with van der Waals surface area (Å²) in [6.45, 7) is 4.12. The van der Waals surface area contributed by atoms with E-state index in [1.54, 1.807) is 6.20 Å². The molecule has 2 fully saturated rings. The molecule has 0 aromatic carbocycles. The first-order chi connectivity index (χ1) is 14.6. The summed E-state index contributed by atoms with van der Waals surface area (Å²) in [6.07, 6.45) is 10.5. The molecule has 4 heterocycles. The average molecular weight is 469 g/mol. The Bertz CT molecular complexity index is 1130. The van der Waals surface area contributed by atoms with Gasteiger partial charge >= 0.3 is 0 Å². The largest absolute Gasteiger partial charge is 0.370 e. The fourth-order valence-electron chi connectivity index (χ4n) is 4.60. The summed E-state index contributed by atoms with van der Waals surface area (Å²) in [5.74, 6) is 1.15. The molecule has 5 rings (SSSR count). The quantitative estimate of drug-likeness (QED) is 0.596. The smallest absolute Gasteiger partial charge is 0.267 e. The van der Waals surface area contributed by atoms with Gasteiger partial charge in [0.15, 0.2) is 0 Å². The van der Waals surface area contributed by atoms with Crippen LogP contribution < -0.4 is 15.8 Å². The summed E-state index contributed by atoms with van der Waals surface area (Å²) in [7, 11) is 0. The minimum absolute atomic E-state index is 0.00959. The molecule has 2 aliphatic rings. The van der Waals surface area contributed by atoms with Crippen molar-refractivity contribution in [1.29, 1.82) is 0 Å². The van der Waals surface area contributed by atoms with Crippen LogP contribution in [0.5, 0.6) is 0 Å². The van der Waals surface area contributed by atoms with Crippen LogP contribution >= 0.6 is 15.9 Å². The lowest BCUT2D eigenvalue weighted by molar-refractivity contribution is 0.514. The predicted molar refractivity (Wildman–Crippen MR) is 123 cm³/mol. The van der Waals surface area contributed by atoms with Crippen molar-refractivity contribution in [2.24, 2.45) is 0 Å². The third kappa shape index (κ3) is 3.47. The van der Waals surface area contributed by atoms with Gasteiger partial charge in [0.25, 0.3) is 5.56 Å². The molecule has 1 saturated heterocycles. The Morgan fingerprint density at radius 2 is 1.83 bits per heavy atom. The van der Waals surface area contributed by atoms with Crippen molar-refractivity contribution in [3.63, 3.8) is 0 Å². The van der Waals surface area contributed by atoms with Crippen molar-refractivity contribution in [3.05, 3.63) is 44.9 Å². The molecule has 0 spiro atoms. The summed E-state index contributed by atoms with van der Waals surface area (Å²) < 4.78 is 2.46. The standard InChI is InChI=1S/C22H25BrN6O/c1-14-17-13-25-22(26-18-9-8-16(12-24-18)28-10-4-5-11-28)27-20(17)29(21(30)19(14)23)15-6-2-3-7-15/h8-9,12-13,15H,2-7,10-11H2,1H3,(H,24,25,26,27). The molecule has 1 saturated carbocycles. The van der Waals surface area contributed by atoms with Gasteiger partial charge < -0.3 is 10.2 Å². The van der Waals surface area contributed by atoms with Crippen LogP contribution in [-0.4, -0.2) is 32.6 Å². The zero-order valence-corrected chi connectivity index (χ0v) is 18.7. The molecule has 1 N–H and O–H groups in total. The molecule has 0 unspecified atom stereocenters. The molecule has 8 heteroatoms. The summed E-state index contributed by atoms with van der Waals surface area (Å²) in [6, 6.07) is 4.23. The lowest BCUT2D eigenvalue weighted by Gasteiger charge is -2.19. The Morgan fingerprint density at radius 3 is 2.53 bits per heavy atom. The minimum atomic E-state index is -0.00959. The van der Waals surface area contributed by atoms with Gasteiger partial charge in [-0.15, -0.1) is 0 Å². The highest BCUT2D eigenvalue weighted by atomic mass is 79.9. The minimum Gasteiger partial charge on any atom is -0.370 e. The van der Waals surface area contributed by atoms with Gasteiger partial charge in [0.05, 0.1) is 16.4 Å². The molecule has 0 amide bonds. The van der Waals surface area contributed by atoms with Crippen molar-refractivity contribution >= 4 is 44.4 Å². The highest BCUT2D eigenvalue weighted by molar-refractivity contribution is 9.10. The molecule has 7 nitrogen and oxygen atoms in total. The topological polar surface area (TPSA) is 75.9 Å². The van der Waals surface area contributed by atoms with Crippen LogP contribution in [0.15, 0.2) is 33.8 Å². The number of aryl methyl sites for hydroxylation is 1. The number of rotatable bonds is 4. The fraction of sp³-hybridized carbons (Fsp3) is 0.455. The first kappa shape index (κ1) is 19.5. The van der Waals surface area contributed by atoms with Gasteiger partial charge in [-0.1, -0.05) is 12.8 Å². The monoisotopic (exact) mass is 468 g/mol. The van der Waals surface area contributed by atoms with Gasteiger partial charge in [0, 0.05) is 30.7 Å². The Hall–Kier alpha value is -2.48. The molecule has 0 radical (unpaired) electrons. The fourth-order valence-corrected chi connectivity index (χ4v) is 5.00. The highest BCUT2D eigenvalue weighted by Crippen LogP contribution is 2.32. The second-order valence-corrected chi connectivity index (χ2v) is 9.00. The van der Waals surface area contributed by atoms with Crippen molar-refractivity contribution < 1.29 is 0 Å². The predicted octanol–water partition coefficient (Wildman–Crippen LogP) is 4.72. The van der Waals surface area contributed by atoms with Crippen LogP contribution in [0, 0.1) is 6.92 Å². The summed E-state index contributed by atoms with van der Waals surface area (Å²) in [5, 5.41) is 4.11. The van der Waals surface area contributed by atoms with Crippen LogP contribution in [0.25, 0.3) is 11.0 Å². The first-order valence-corrected chi connectivity index (χ1v) is 11.5. The zero-order valence-electron chi connectivity index (χ0n) is 17.1. The maximum Gasteiger partial charge on any atom is 0.267 e. The Morgan fingerprint density at radius 1 is 1.07 bits per heavy atom. The molecule has 3 aromatic rings. The second-order valence-electron chi connectivity index (χ2n) is 8.20. The van der Waals surface area contributed by atoms with Crippen LogP contribution in [0.2, 0.25) is 0 Å². The number of nitrogens with zero attached hydrogens (tertiary/aromatic N) is 5. The maximum absolute atomic E-state index is 13.0. The van der Waals surface area contributed by atoms with Gasteiger partial charge in [-0.3, -0.25) is 9.36 Å². The number of fused-ring (bicyclic) bond motifs is 1. The van der Waals surface area contributed by atoms with Crippen molar-refractivity contribution in [2.75, 3.05) is 23.3 Å². The van der Waals surface area contributed by atoms with Crippen molar-refractivity contribution in [1.82, 2.24) is 19.5 Å². The summed E-state index contributed by atoms with van der Waals surface area (Å²) in [4.78, 5) is 29.2. The molecule has 3 aromatic heterocycles. The lowest BCUT2D eigenvalue weighted by Crippen LogP contribution is -2.26. The number of aromatic nitrogens is 4. The Balaban J connectivity index is 1.50. The lowest BCUT2D eigenvalue weighted by atomic mass is 10.1. The number of anilines is 3. The zero-order chi connectivity index (χ0) is 20.7. The van der Waals surface area contributed by atoms with E-state index in [1.165, 1.54) is 12.8 Å². The average Bonchev–Trinajstić information content (AvgIpc) is 3.47. The van der Waals surface area contributed by atoms with Crippen LogP contribution in [-0.2, 0) is 0 Å². The van der Waals surface area contributed by atoms with Gasteiger partial charge in [-0.2, -0.15) is 4.98 Å². The van der Waals surface area contributed by atoms with Gasteiger partial charge in [-0.25, -0.2) is 9.97 Å². The molecular weight excluding hydrogens is 444 g/mol. The Labute approximate surface area is 183 Å². The van der Waals surface area contributed by atoms with Crippen molar-refractivity contribution in [2.45, 2.75) is 51.5 Å². The molecular formula is C22H25BrN6O. The summed E-state index contributed by atoms with van der Waals surface area (Å²) >= 11 is 3.49. The number of hydrogen-bond acceptors (Lipinski definition) is 6. The van der Waals surface area contributed by atoms with Gasteiger partial charge in [0.2, 0.25) is 5.95 Å². The molecule has 0 bridgehead atoms. The normalized spacial score (nSPS) is 17.2. The highest BCUT2D eigenvalue weighted by Gasteiger charge is 2.24. The van der Waals surface area contributed by atoms with E-state index in [9.17, 15) is 4.79 Å². The van der Waals surface area contributed by atoms with E-state index in [0.29, 0.717) is 21.9 Å².